The fourth-order valence-electron chi connectivity index (χ4n) is 2.18. The van der Waals surface area contributed by atoms with Crippen molar-refractivity contribution in [3.63, 3.8) is 0 Å². The van der Waals surface area contributed by atoms with Gasteiger partial charge < -0.3 is 4.90 Å². The molecule has 1 fully saturated rings. The average Bonchev–Trinajstić information content (AvgIpc) is 2.39. The Bertz CT molecular complexity index is 530. The summed E-state index contributed by atoms with van der Waals surface area (Å²) >= 11 is 2.06. The average molecular weight is 377 g/mol. The zero-order valence-corrected chi connectivity index (χ0v) is 12.7. The maximum absolute atomic E-state index is 13.2. The van der Waals surface area contributed by atoms with Gasteiger partial charge in [0, 0.05) is 18.2 Å². The number of amides is 1. The number of nitrogens with zero attached hydrogens (tertiary/aromatic N) is 1. The number of rotatable bonds is 2. The summed E-state index contributed by atoms with van der Waals surface area (Å²) in [6.07, 6.45) is 1.67. The van der Waals surface area contributed by atoms with Crippen molar-refractivity contribution in [2.75, 3.05) is 0 Å². The fourth-order valence-corrected chi connectivity index (χ4v) is 2.75. The summed E-state index contributed by atoms with van der Waals surface area (Å²) in [5.74, 6) is -1.76. The Kier molecular flexibility index (Phi) is 4.54. The van der Waals surface area contributed by atoms with Crippen molar-refractivity contribution in [3.8, 4) is 0 Å². The van der Waals surface area contributed by atoms with Gasteiger partial charge in [0.05, 0.1) is 0 Å². The van der Waals surface area contributed by atoms with Gasteiger partial charge in [0.25, 0.3) is 5.91 Å². The van der Waals surface area contributed by atoms with Gasteiger partial charge in [-0.1, -0.05) is 28.7 Å². The Morgan fingerprint density at radius 1 is 1.42 bits per heavy atom. The quantitative estimate of drug-likeness (QED) is 0.567. The fraction of sp³-hybridized carbons (Fsp3) is 0.357. The van der Waals surface area contributed by atoms with Crippen molar-refractivity contribution in [2.24, 2.45) is 0 Å². The minimum Gasteiger partial charge on any atom is -0.332 e. The van der Waals surface area contributed by atoms with E-state index >= 15 is 0 Å². The molecule has 1 heterocycles. The molecule has 102 valence electrons. The van der Waals surface area contributed by atoms with Crippen LogP contribution in [0.25, 0.3) is 0 Å². The first-order valence-corrected chi connectivity index (χ1v) is 7.31. The van der Waals surface area contributed by atoms with Crippen LogP contribution in [0.5, 0.6) is 0 Å². The van der Waals surface area contributed by atoms with Gasteiger partial charge in [0.1, 0.15) is 0 Å². The van der Waals surface area contributed by atoms with Gasteiger partial charge >= 0.3 is 0 Å². The third-order valence-electron chi connectivity index (χ3n) is 3.37. The van der Waals surface area contributed by atoms with E-state index in [9.17, 15) is 13.6 Å². The second-order valence-corrected chi connectivity index (χ2v) is 5.33. The van der Waals surface area contributed by atoms with E-state index in [1.807, 2.05) is 6.92 Å². The van der Waals surface area contributed by atoms with Crippen molar-refractivity contribution >= 4 is 28.5 Å². The minimum atomic E-state index is -0.876. The van der Waals surface area contributed by atoms with Crippen LogP contribution in [0.1, 0.15) is 25.3 Å². The van der Waals surface area contributed by atoms with Crippen LogP contribution in [0, 0.1) is 11.6 Å². The number of piperidine rings is 1. The molecule has 1 aliphatic rings. The highest BCUT2D eigenvalue weighted by molar-refractivity contribution is 14.1. The third-order valence-corrected chi connectivity index (χ3v) is 4.12. The normalized spacial score (nSPS) is 22.1. The van der Waals surface area contributed by atoms with E-state index in [0.717, 1.165) is 30.5 Å². The molecule has 0 radical (unpaired) electrons. The van der Waals surface area contributed by atoms with Gasteiger partial charge in [-0.15, -0.1) is 0 Å². The molecule has 0 bridgehead atoms. The molecule has 0 spiro atoms. The van der Waals surface area contributed by atoms with Crippen molar-refractivity contribution in [3.05, 3.63) is 45.1 Å². The predicted molar refractivity (Wildman–Crippen MR) is 77.7 cm³/mol. The summed E-state index contributed by atoms with van der Waals surface area (Å²) in [4.78, 5) is 13.9. The van der Waals surface area contributed by atoms with Gasteiger partial charge in [-0.05, 0) is 41.5 Å². The molecule has 2 rings (SSSR count). The molecule has 1 aliphatic heterocycles. The van der Waals surface area contributed by atoms with Gasteiger partial charge in [-0.3, -0.25) is 4.79 Å². The Hall–Kier alpha value is -0.980. The van der Waals surface area contributed by atoms with E-state index in [2.05, 4.69) is 22.6 Å². The lowest BCUT2D eigenvalue weighted by molar-refractivity contribution is -0.131. The molecule has 5 heteroatoms. The summed E-state index contributed by atoms with van der Waals surface area (Å²) < 4.78 is 27.9. The molecule has 1 saturated heterocycles. The van der Waals surface area contributed by atoms with Crippen LogP contribution in [0.3, 0.4) is 0 Å². The molecular formula is C14H14F2INO. The number of benzene rings is 1. The number of likely N-dealkylation sites (tertiary alicyclic amines) is 1. The number of carbonyl (C=O) groups excluding carboxylic acids is 1. The molecule has 19 heavy (non-hydrogen) atoms. The lowest BCUT2D eigenvalue weighted by Gasteiger charge is -2.34. The first kappa shape index (κ1) is 14.4. The summed E-state index contributed by atoms with van der Waals surface area (Å²) in [5.41, 5.74) is 1.38. The van der Waals surface area contributed by atoms with Crippen molar-refractivity contribution in [1.29, 1.82) is 0 Å². The summed E-state index contributed by atoms with van der Waals surface area (Å²) in [7, 11) is 0. The lowest BCUT2D eigenvalue weighted by atomic mass is 9.98. The van der Waals surface area contributed by atoms with E-state index in [1.165, 1.54) is 6.07 Å². The zero-order chi connectivity index (χ0) is 14.0. The van der Waals surface area contributed by atoms with E-state index in [1.54, 1.807) is 8.98 Å². The maximum Gasteiger partial charge on any atom is 0.250 e. The van der Waals surface area contributed by atoms with E-state index in [4.69, 9.17) is 0 Å². The second-order valence-electron chi connectivity index (χ2n) is 4.70. The van der Waals surface area contributed by atoms with E-state index in [0.29, 0.717) is 12.1 Å². The Balaban J connectivity index is 2.20. The van der Waals surface area contributed by atoms with Crippen LogP contribution in [0.4, 0.5) is 8.78 Å². The SMILES string of the molecule is CC1CC/C(=C\I)C(=O)N1Cc1ccc(F)c(F)c1. The molecule has 1 aromatic rings. The topological polar surface area (TPSA) is 20.3 Å². The van der Waals surface area contributed by atoms with Gasteiger partial charge in [-0.25, -0.2) is 8.78 Å². The first-order valence-electron chi connectivity index (χ1n) is 6.07. The Morgan fingerprint density at radius 3 is 2.79 bits per heavy atom. The van der Waals surface area contributed by atoms with Crippen LogP contribution >= 0.6 is 22.6 Å². The van der Waals surface area contributed by atoms with Crippen LogP contribution in [0.2, 0.25) is 0 Å². The molecule has 1 amide bonds. The van der Waals surface area contributed by atoms with Crippen LogP contribution in [0.15, 0.2) is 27.9 Å². The highest BCUT2D eigenvalue weighted by atomic mass is 127. The van der Waals surface area contributed by atoms with Crippen molar-refractivity contribution in [1.82, 2.24) is 4.90 Å². The van der Waals surface area contributed by atoms with Gasteiger partial charge in [-0.2, -0.15) is 0 Å². The van der Waals surface area contributed by atoms with E-state index in [-0.39, 0.29) is 11.9 Å². The van der Waals surface area contributed by atoms with Crippen LogP contribution < -0.4 is 0 Å². The largest absolute Gasteiger partial charge is 0.332 e. The van der Waals surface area contributed by atoms with E-state index < -0.39 is 11.6 Å². The number of hydrogen-bond acceptors (Lipinski definition) is 1. The minimum absolute atomic E-state index is 0.0158. The molecule has 1 unspecified atom stereocenters. The molecule has 0 N–H and O–H groups in total. The highest BCUT2D eigenvalue weighted by Crippen LogP contribution is 2.25. The maximum atomic E-state index is 13.2. The Morgan fingerprint density at radius 2 is 2.16 bits per heavy atom. The molecule has 0 saturated carbocycles. The summed E-state index contributed by atoms with van der Waals surface area (Å²) in [6.45, 7) is 2.28. The molecule has 0 aliphatic carbocycles. The third kappa shape index (κ3) is 3.13. The monoisotopic (exact) mass is 377 g/mol. The smallest absolute Gasteiger partial charge is 0.250 e. The highest BCUT2D eigenvalue weighted by Gasteiger charge is 2.28. The summed E-state index contributed by atoms with van der Waals surface area (Å²) in [6, 6.07) is 3.87. The number of halogens is 3. The van der Waals surface area contributed by atoms with Crippen molar-refractivity contribution < 1.29 is 13.6 Å². The number of carbonyl (C=O) groups is 1. The molecule has 1 atom stereocenters. The van der Waals surface area contributed by atoms with Crippen LogP contribution in [-0.4, -0.2) is 16.8 Å². The van der Waals surface area contributed by atoms with Crippen molar-refractivity contribution in [2.45, 2.75) is 32.4 Å². The van der Waals surface area contributed by atoms with Gasteiger partial charge in [0.2, 0.25) is 0 Å². The van der Waals surface area contributed by atoms with Gasteiger partial charge in [0.15, 0.2) is 11.6 Å². The Labute approximate surface area is 124 Å². The molecule has 1 aromatic carbocycles. The molecule has 2 nitrogen and oxygen atoms in total. The molecular weight excluding hydrogens is 363 g/mol. The first-order chi connectivity index (χ1) is 9.02. The predicted octanol–water partition coefficient (Wildman–Crippen LogP) is 3.79. The summed E-state index contributed by atoms with van der Waals surface area (Å²) in [5, 5.41) is 0. The zero-order valence-electron chi connectivity index (χ0n) is 10.5. The second kappa shape index (κ2) is 5.98. The number of hydrogen-bond donors (Lipinski definition) is 0. The lowest BCUT2D eigenvalue weighted by Crippen LogP contribution is -2.42. The van der Waals surface area contributed by atoms with Crippen LogP contribution in [-0.2, 0) is 11.3 Å². The standard InChI is InChI=1S/C14H14F2INO/c1-9-2-4-11(7-17)14(19)18(9)8-10-3-5-12(15)13(16)6-10/h3,5-7,9H,2,4,8H2,1H3/b11-7+. The molecule has 0 aromatic heterocycles.